The van der Waals surface area contributed by atoms with Crippen LogP contribution in [-0.2, 0) is 16.6 Å². The van der Waals surface area contributed by atoms with Gasteiger partial charge in [-0.3, -0.25) is 5.10 Å². The molecular weight excluding hydrogens is 528 g/mol. The Labute approximate surface area is 224 Å². The molecule has 0 aliphatic carbocycles. The summed E-state index contributed by atoms with van der Waals surface area (Å²) in [7, 11) is -3.21. The number of ether oxygens (including phenoxy) is 2. The highest BCUT2D eigenvalue weighted by Gasteiger charge is 2.27. The number of rotatable bonds is 7. The molecule has 3 aromatic heterocycles. The standard InChI is InChI=1S/C24H28N8O4S2/c1-38(33,34)31-7-2-3-15(13-31)5-8-32-23-21(22(25)26-14-27-23)29-24(32)37-20-12-19-18(35-9-10-36-19)11-16(20)17-4-6-28-30-17/h4,6,11-12,14-15H,2-3,5,7-10,13H2,1H3,(H,28,30)(H2,25,26,27). The molecule has 0 spiro atoms. The lowest BCUT2D eigenvalue weighted by Crippen LogP contribution is -2.39. The Bertz CT molecular complexity index is 1570. The van der Waals surface area contributed by atoms with Gasteiger partial charge >= 0.3 is 0 Å². The average molecular weight is 557 g/mol. The number of fused-ring (bicyclic) bond motifs is 2. The number of aromatic nitrogens is 6. The molecule has 14 heteroatoms. The number of H-pyrrole nitrogens is 1. The number of nitrogens with zero attached hydrogens (tertiary/aromatic N) is 6. The molecule has 200 valence electrons. The van der Waals surface area contributed by atoms with E-state index < -0.39 is 10.0 Å². The first-order chi connectivity index (χ1) is 18.4. The van der Waals surface area contributed by atoms with E-state index in [1.54, 1.807) is 10.5 Å². The SMILES string of the molecule is CS(=O)(=O)N1CCCC(CCn2c(Sc3cc4c(cc3-c3ccn[nH]3)OCCO4)nc3c(N)ncnc32)C1. The van der Waals surface area contributed by atoms with Crippen LogP contribution in [0.2, 0.25) is 0 Å². The van der Waals surface area contributed by atoms with Crippen molar-refractivity contribution in [1.29, 1.82) is 0 Å². The van der Waals surface area contributed by atoms with Gasteiger partial charge in [0.25, 0.3) is 0 Å². The molecular formula is C24H28N8O4S2. The van der Waals surface area contributed by atoms with Crippen molar-refractivity contribution in [2.45, 2.75) is 35.9 Å². The van der Waals surface area contributed by atoms with Gasteiger partial charge in [0.05, 0.1) is 11.9 Å². The van der Waals surface area contributed by atoms with Gasteiger partial charge in [0.2, 0.25) is 10.0 Å². The number of benzene rings is 1. The van der Waals surface area contributed by atoms with E-state index in [1.165, 1.54) is 24.3 Å². The number of nitrogen functional groups attached to an aromatic ring is 1. The van der Waals surface area contributed by atoms with Crippen LogP contribution in [0.4, 0.5) is 5.82 Å². The van der Waals surface area contributed by atoms with Crippen LogP contribution in [-0.4, -0.2) is 75.0 Å². The number of piperidine rings is 1. The van der Waals surface area contributed by atoms with Crippen molar-refractivity contribution >= 4 is 38.8 Å². The summed E-state index contributed by atoms with van der Waals surface area (Å²) in [6.07, 6.45) is 7.03. The molecule has 38 heavy (non-hydrogen) atoms. The molecule has 1 fully saturated rings. The summed E-state index contributed by atoms with van der Waals surface area (Å²) in [5.74, 6) is 1.91. The third-order valence-corrected chi connectivity index (χ3v) is 9.20. The van der Waals surface area contributed by atoms with E-state index in [0.717, 1.165) is 35.4 Å². The van der Waals surface area contributed by atoms with E-state index in [2.05, 4.69) is 20.2 Å². The summed E-state index contributed by atoms with van der Waals surface area (Å²) in [5, 5.41) is 7.87. The highest BCUT2D eigenvalue weighted by molar-refractivity contribution is 7.99. The molecule has 2 aliphatic rings. The monoisotopic (exact) mass is 556 g/mol. The van der Waals surface area contributed by atoms with Crippen molar-refractivity contribution in [2.24, 2.45) is 5.92 Å². The normalized spacial score (nSPS) is 18.2. The van der Waals surface area contributed by atoms with E-state index >= 15 is 0 Å². The average Bonchev–Trinajstić information content (AvgIpc) is 3.56. The summed E-state index contributed by atoms with van der Waals surface area (Å²) in [4.78, 5) is 14.4. The molecule has 12 nitrogen and oxygen atoms in total. The Kier molecular flexibility index (Phi) is 6.61. The molecule has 1 atom stereocenters. The van der Waals surface area contributed by atoms with E-state index in [0.29, 0.717) is 66.5 Å². The van der Waals surface area contributed by atoms with Crippen molar-refractivity contribution in [3.63, 3.8) is 0 Å². The van der Waals surface area contributed by atoms with Crippen molar-refractivity contribution in [2.75, 3.05) is 38.3 Å². The van der Waals surface area contributed by atoms with Gasteiger partial charge in [-0.15, -0.1) is 0 Å². The van der Waals surface area contributed by atoms with Crippen LogP contribution in [0.15, 0.2) is 40.8 Å². The van der Waals surface area contributed by atoms with Gasteiger partial charge in [-0.1, -0.05) is 11.8 Å². The predicted octanol–water partition coefficient (Wildman–Crippen LogP) is 2.78. The molecule has 6 rings (SSSR count). The summed E-state index contributed by atoms with van der Waals surface area (Å²) < 4.78 is 39.5. The van der Waals surface area contributed by atoms with Crippen LogP contribution in [0.3, 0.4) is 0 Å². The van der Waals surface area contributed by atoms with Crippen LogP contribution in [0, 0.1) is 5.92 Å². The molecule has 5 heterocycles. The highest BCUT2D eigenvalue weighted by atomic mass is 32.2. The molecule has 1 saturated heterocycles. The summed E-state index contributed by atoms with van der Waals surface area (Å²) >= 11 is 1.48. The Morgan fingerprint density at radius 2 is 2.03 bits per heavy atom. The molecule has 1 aromatic carbocycles. The fraction of sp³-hybridized carbons (Fsp3) is 0.417. The Morgan fingerprint density at radius 1 is 1.21 bits per heavy atom. The van der Waals surface area contributed by atoms with Crippen LogP contribution >= 0.6 is 11.8 Å². The Morgan fingerprint density at radius 3 is 2.79 bits per heavy atom. The van der Waals surface area contributed by atoms with Gasteiger partial charge in [-0.25, -0.2) is 27.7 Å². The lowest BCUT2D eigenvalue weighted by Gasteiger charge is -2.31. The molecule has 1 unspecified atom stereocenters. The second kappa shape index (κ2) is 10.1. The number of nitrogens with two attached hydrogens (primary N) is 1. The number of nitrogens with one attached hydrogen (secondary N) is 1. The Hall–Kier alpha value is -3.36. The second-order valence-electron chi connectivity index (χ2n) is 9.46. The molecule has 0 saturated carbocycles. The van der Waals surface area contributed by atoms with E-state index in [4.69, 9.17) is 20.2 Å². The van der Waals surface area contributed by atoms with Crippen LogP contribution in [0.1, 0.15) is 19.3 Å². The fourth-order valence-electron chi connectivity index (χ4n) is 4.96. The van der Waals surface area contributed by atoms with E-state index in [1.807, 2.05) is 22.8 Å². The number of hydrogen-bond acceptors (Lipinski definition) is 10. The highest BCUT2D eigenvalue weighted by Crippen LogP contribution is 2.44. The maximum absolute atomic E-state index is 12.1. The van der Waals surface area contributed by atoms with E-state index in [9.17, 15) is 8.42 Å². The zero-order valence-electron chi connectivity index (χ0n) is 20.8. The third-order valence-electron chi connectivity index (χ3n) is 6.87. The first-order valence-corrected chi connectivity index (χ1v) is 15.1. The topological polar surface area (TPSA) is 154 Å². The van der Waals surface area contributed by atoms with Crippen molar-refractivity contribution in [3.8, 4) is 22.8 Å². The van der Waals surface area contributed by atoms with Gasteiger partial charge in [-0.05, 0) is 43.4 Å². The summed E-state index contributed by atoms with van der Waals surface area (Å²) in [6.45, 7) is 2.69. The predicted molar refractivity (Wildman–Crippen MR) is 143 cm³/mol. The molecule has 4 aromatic rings. The van der Waals surface area contributed by atoms with Crippen LogP contribution in [0.5, 0.6) is 11.5 Å². The lowest BCUT2D eigenvalue weighted by molar-refractivity contribution is 0.171. The first-order valence-electron chi connectivity index (χ1n) is 12.4. The van der Waals surface area contributed by atoms with Crippen LogP contribution in [0.25, 0.3) is 22.4 Å². The lowest BCUT2D eigenvalue weighted by atomic mass is 9.96. The fourth-order valence-corrected chi connectivity index (χ4v) is 6.97. The number of imidazole rings is 1. The minimum atomic E-state index is -3.21. The number of anilines is 1. The van der Waals surface area contributed by atoms with Crippen molar-refractivity contribution in [3.05, 3.63) is 30.7 Å². The smallest absolute Gasteiger partial charge is 0.211 e. The minimum absolute atomic E-state index is 0.239. The maximum atomic E-state index is 12.1. The number of aromatic amines is 1. The molecule has 0 bridgehead atoms. The number of sulfonamides is 1. The molecule has 0 amide bonds. The summed E-state index contributed by atoms with van der Waals surface area (Å²) in [5.41, 5.74) is 9.11. The van der Waals surface area contributed by atoms with Gasteiger partial charge in [0.15, 0.2) is 33.6 Å². The van der Waals surface area contributed by atoms with E-state index in [-0.39, 0.29) is 5.92 Å². The molecule has 3 N–H and O–H groups in total. The Balaban J connectivity index is 1.35. The maximum Gasteiger partial charge on any atom is 0.211 e. The molecule has 0 radical (unpaired) electrons. The van der Waals surface area contributed by atoms with Gasteiger partial charge < -0.3 is 19.8 Å². The van der Waals surface area contributed by atoms with Gasteiger partial charge in [0, 0.05) is 36.3 Å². The minimum Gasteiger partial charge on any atom is -0.486 e. The van der Waals surface area contributed by atoms with Gasteiger partial charge in [-0.2, -0.15) is 5.10 Å². The van der Waals surface area contributed by atoms with Gasteiger partial charge in [0.1, 0.15) is 19.5 Å². The number of aryl methyl sites for hydroxylation is 1. The molecule has 2 aliphatic heterocycles. The zero-order valence-corrected chi connectivity index (χ0v) is 22.5. The number of hydrogen-bond donors (Lipinski definition) is 2. The summed E-state index contributed by atoms with van der Waals surface area (Å²) in [6, 6.07) is 5.81. The third kappa shape index (κ3) is 4.90. The van der Waals surface area contributed by atoms with Crippen LogP contribution < -0.4 is 15.2 Å². The first kappa shape index (κ1) is 24.9. The van der Waals surface area contributed by atoms with Crippen molar-refractivity contribution < 1.29 is 17.9 Å². The largest absolute Gasteiger partial charge is 0.486 e. The quantitative estimate of drug-likeness (QED) is 0.347. The van der Waals surface area contributed by atoms with Crippen molar-refractivity contribution in [1.82, 2.24) is 34.0 Å². The zero-order chi connectivity index (χ0) is 26.3. The second-order valence-corrected chi connectivity index (χ2v) is 12.5.